The number of benzene rings is 1. The normalized spacial score (nSPS) is 21.1. The van der Waals surface area contributed by atoms with E-state index in [0.29, 0.717) is 13.1 Å². The number of aryl methyl sites for hydroxylation is 2. The molecular weight excluding hydrogens is 414 g/mol. The molecule has 1 aromatic carbocycles. The summed E-state index contributed by atoms with van der Waals surface area (Å²) in [7, 11) is 0. The summed E-state index contributed by atoms with van der Waals surface area (Å²) in [5, 5.41) is 3.49. The van der Waals surface area contributed by atoms with Crippen LogP contribution < -0.4 is 10.2 Å². The van der Waals surface area contributed by atoms with Gasteiger partial charge in [-0.05, 0) is 59.6 Å². The third-order valence-corrected chi connectivity index (χ3v) is 6.50. The summed E-state index contributed by atoms with van der Waals surface area (Å²) in [6.07, 6.45) is 0.647. The lowest BCUT2D eigenvalue weighted by atomic mass is 10.00. The van der Waals surface area contributed by atoms with Crippen molar-refractivity contribution in [3.8, 4) is 11.4 Å². The quantitative estimate of drug-likeness (QED) is 0.736. The average molecular weight is 452 g/mol. The molecule has 1 aromatic heterocycles. The molecule has 3 heterocycles. The molecule has 2 aromatic rings. The first-order valence-corrected chi connectivity index (χ1v) is 12.0. The first kappa shape index (κ1) is 23.5. The Bertz CT molecular complexity index is 1030. The number of nitrogens with one attached hydrogen (secondary N) is 1. The number of aromatic nitrogens is 2. The minimum Gasteiger partial charge on any atom is -0.444 e. The number of rotatable bonds is 2. The molecule has 1 N–H and O–H groups in total. The van der Waals surface area contributed by atoms with Gasteiger partial charge in [0.1, 0.15) is 11.4 Å². The van der Waals surface area contributed by atoms with Gasteiger partial charge in [-0.3, -0.25) is 0 Å². The Morgan fingerprint density at radius 3 is 2.45 bits per heavy atom. The third kappa shape index (κ3) is 4.83. The van der Waals surface area contributed by atoms with E-state index >= 15 is 0 Å². The zero-order chi connectivity index (χ0) is 23.9. The lowest BCUT2D eigenvalue weighted by Gasteiger charge is -2.45. The molecule has 178 valence electrons. The van der Waals surface area contributed by atoms with Crippen LogP contribution in [0.5, 0.6) is 0 Å². The van der Waals surface area contributed by atoms with Gasteiger partial charge in [-0.2, -0.15) is 0 Å². The molecule has 2 aliphatic rings. The number of piperazine rings is 1. The standard InChI is InChI=1S/C26H37N5O2/c1-16-9-8-10-17(2)22(16)23-28-21-11-12-27-13-20(21)24(29-23)30-14-19(4)31(15-18(30)3)25(32)33-26(5,6)7/h8-10,18-19,27H,11-15H2,1-7H3/t18-,19+/m1/s1. The van der Waals surface area contributed by atoms with Crippen LogP contribution in [0.15, 0.2) is 18.2 Å². The molecule has 0 saturated carbocycles. The van der Waals surface area contributed by atoms with E-state index in [1.807, 2.05) is 25.7 Å². The Morgan fingerprint density at radius 1 is 1.09 bits per heavy atom. The molecular formula is C26H37N5O2. The monoisotopic (exact) mass is 451 g/mol. The summed E-state index contributed by atoms with van der Waals surface area (Å²) in [4.78, 5) is 27.2. The van der Waals surface area contributed by atoms with Crippen molar-refractivity contribution in [3.05, 3.63) is 40.6 Å². The van der Waals surface area contributed by atoms with Crippen molar-refractivity contribution in [1.82, 2.24) is 20.2 Å². The molecule has 2 aliphatic heterocycles. The highest BCUT2D eigenvalue weighted by molar-refractivity contribution is 5.70. The predicted octanol–water partition coefficient (Wildman–Crippen LogP) is 4.24. The number of anilines is 1. The number of fused-ring (bicyclic) bond motifs is 1. The first-order valence-electron chi connectivity index (χ1n) is 12.0. The van der Waals surface area contributed by atoms with Crippen molar-refractivity contribution in [2.45, 2.75) is 79.1 Å². The van der Waals surface area contributed by atoms with Crippen LogP contribution in [0.1, 0.15) is 57.0 Å². The lowest BCUT2D eigenvalue weighted by Crippen LogP contribution is -2.59. The van der Waals surface area contributed by atoms with Crippen LogP contribution in [0.25, 0.3) is 11.4 Å². The fourth-order valence-electron chi connectivity index (χ4n) is 4.84. The number of carbonyl (C=O) groups is 1. The van der Waals surface area contributed by atoms with Gasteiger partial charge in [0.15, 0.2) is 5.82 Å². The van der Waals surface area contributed by atoms with E-state index < -0.39 is 5.60 Å². The van der Waals surface area contributed by atoms with Gasteiger partial charge in [-0.25, -0.2) is 14.8 Å². The predicted molar refractivity (Wildman–Crippen MR) is 132 cm³/mol. The second kappa shape index (κ2) is 8.93. The summed E-state index contributed by atoms with van der Waals surface area (Å²) in [6.45, 7) is 17.2. The maximum absolute atomic E-state index is 12.8. The Kier molecular flexibility index (Phi) is 6.36. The van der Waals surface area contributed by atoms with Gasteiger partial charge in [0.25, 0.3) is 0 Å². The van der Waals surface area contributed by atoms with Gasteiger partial charge in [0.2, 0.25) is 0 Å². The SMILES string of the molecule is Cc1cccc(C)c1-c1nc2c(c(N3C[C@H](C)N(C(=O)OC(C)(C)C)C[C@H]3C)n1)CNCC2. The van der Waals surface area contributed by atoms with Crippen LogP contribution in [-0.2, 0) is 17.7 Å². The lowest BCUT2D eigenvalue weighted by molar-refractivity contribution is 0.0129. The minimum atomic E-state index is -0.505. The summed E-state index contributed by atoms with van der Waals surface area (Å²) in [5.74, 6) is 1.80. The number of amides is 1. The number of hydrogen-bond acceptors (Lipinski definition) is 6. The van der Waals surface area contributed by atoms with Gasteiger partial charge in [0, 0.05) is 55.8 Å². The Labute approximate surface area is 197 Å². The van der Waals surface area contributed by atoms with Crippen LogP contribution in [-0.4, -0.2) is 58.3 Å². The molecule has 0 bridgehead atoms. The molecule has 0 unspecified atom stereocenters. The highest BCUT2D eigenvalue weighted by atomic mass is 16.6. The molecule has 0 spiro atoms. The summed E-state index contributed by atoms with van der Waals surface area (Å²) in [5.41, 5.74) is 5.30. The zero-order valence-electron chi connectivity index (χ0n) is 21.0. The van der Waals surface area contributed by atoms with E-state index in [1.54, 1.807) is 0 Å². The van der Waals surface area contributed by atoms with Gasteiger partial charge in [-0.1, -0.05) is 18.2 Å². The summed E-state index contributed by atoms with van der Waals surface area (Å²) in [6, 6.07) is 6.45. The largest absolute Gasteiger partial charge is 0.444 e. The van der Waals surface area contributed by atoms with Crippen molar-refractivity contribution < 1.29 is 9.53 Å². The second-order valence-corrected chi connectivity index (χ2v) is 10.5. The highest BCUT2D eigenvalue weighted by Gasteiger charge is 2.36. The van der Waals surface area contributed by atoms with Crippen LogP contribution >= 0.6 is 0 Å². The number of hydrogen-bond donors (Lipinski definition) is 1. The number of carbonyl (C=O) groups excluding carboxylic acids is 1. The van der Waals surface area contributed by atoms with Crippen LogP contribution in [0.4, 0.5) is 10.6 Å². The van der Waals surface area contributed by atoms with Crippen molar-refractivity contribution >= 4 is 11.9 Å². The summed E-state index contributed by atoms with van der Waals surface area (Å²) < 4.78 is 5.66. The molecule has 33 heavy (non-hydrogen) atoms. The molecule has 1 fully saturated rings. The topological polar surface area (TPSA) is 70.6 Å². The van der Waals surface area contributed by atoms with Crippen LogP contribution in [0.2, 0.25) is 0 Å². The maximum atomic E-state index is 12.8. The number of ether oxygens (including phenoxy) is 1. The number of nitrogens with zero attached hydrogens (tertiary/aromatic N) is 4. The van der Waals surface area contributed by atoms with Gasteiger partial charge in [-0.15, -0.1) is 0 Å². The molecule has 7 heteroatoms. The molecule has 0 aliphatic carbocycles. The molecule has 7 nitrogen and oxygen atoms in total. The summed E-state index contributed by atoms with van der Waals surface area (Å²) >= 11 is 0. The van der Waals surface area contributed by atoms with Crippen molar-refractivity contribution in [2.75, 3.05) is 24.5 Å². The second-order valence-electron chi connectivity index (χ2n) is 10.5. The van der Waals surface area contributed by atoms with Gasteiger partial charge < -0.3 is 19.9 Å². The smallest absolute Gasteiger partial charge is 0.410 e. The van der Waals surface area contributed by atoms with E-state index in [2.05, 4.69) is 56.1 Å². The molecule has 1 saturated heterocycles. The van der Waals surface area contributed by atoms with Gasteiger partial charge >= 0.3 is 6.09 Å². The Balaban J connectivity index is 1.71. The van der Waals surface area contributed by atoms with E-state index in [0.717, 1.165) is 42.4 Å². The first-order chi connectivity index (χ1) is 15.5. The van der Waals surface area contributed by atoms with Crippen molar-refractivity contribution in [3.63, 3.8) is 0 Å². The van der Waals surface area contributed by atoms with E-state index in [4.69, 9.17) is 14.7 Å². The maximum Gasteiger partial charge on any atom is 0.410 e. The fourth-order valence-corrected chi connectivity index (χ4v) is 4.84. The van der Waals surface area contributed by atoms with E-state index in [9.17, 15) is 4.79 Å². The van der Waals surface area contributed by atoms with Crippen LogP contribution in [0, 0.1) is 13.8 Å². The van der Waals surface area contributed by atoms with Crippen molar-refractivity contribution in [2.24, 2.45) is 0 Å². The zero-order valence-corrected chi connectivity index (χ0v) is 21.0. The molecule has 2 atom stereocenters. The molecule has 4 rings (SSSR count). The van der Waals surface area contributed by atoms with Crippen LogP contribution in [0.3, 0.4) is 0 Å². The van der Waals surface area contributed by atoms with Crippen molar-refractivity contribution in [1.29, 1.82) is 0 Å². The Morgan fingerprint density at radius 2 is 1.79 bits per heavy atom. The van der Waals surface area contributed by atoms with E-state index in [-0.39, 0.29) is 18.2 Å². The average Bonchev–Trinajstić information content (AvgIpc) is 2.73. The highest BCUT2D eigenvalue weighted by Crippen LogP contribution is 2.33. The fraction of sp³-hybridized carbons (Fsp3) is 0.577. The molecule has 0 radical (unpaired) electrons. The third-order valence-electron chi connectivity index (χ3n) is 6.50. The Hall–Kier alpha value is -2.67. The van der Waals surface area contributed by atoms with Gasteiger partial charge in [0.05, 0.1) is 5.69 Å². The minimum absolute atomic E-state index is 0.0156. The van der Waals surface area contributed by atoms with E-state index in [1.165, 1.54) is 16.7 Å². The molecule has 1 amide bonds.